The second-order valence-electron chi connectivity index (χ2n) is 6.61. The fourth-order valence-electron chi connectivity index (χ4n) is 3.57. The third-order valence-corrected chi connectivity index (χ3v) is 5.28. The van der Waals surface area contributed by atoms with Gasteiger partial charge in [0.05, 0.1) is 12.6 Å². The molecular weight excluding hydrogens is 342 g/mol. The van der Waals surface area contributed by atoms with Gasteiger partial charge in [-0.05, 0) is 73.1 Å². The van der Waals surface area contributed by atoms with Crippen molar-refractivity contribution in [1.82, 2.24) is 4.98 Å². The first kappa shape index (κ1) is 18.7. The highest BCUT2D eigenvalue weighted by atomic mass is 35.5. The average Bonchev–Trinajstić information content (AvgIpc) is 2.67. The average molecular weight is 367 g/mol. The zero-order chi connectivity index (χ0) is 18.4. The summed E-state index contributed by atoms with van der Waals surface area (Å²) < 4.78 is 5.37. The van der Waals surface area contributed by atoms with Crippen molar-refractivity contribution in [2.75, 3.05) is 7.11 Å². The highest BCUT2D eigenvalue weighted by Crippen LogP contribution is 2.32. The van der Waals surface area contributed by atoms with Gasteiger partial charge < -0.3 is 4.74 Å². The molecule has 1 radical (unpaired) electrons. The van der Waals surface area contributed by atoms with Gasteiger partial charge in [0.1, 0.15) is 5.75 Å². The van der Waals surface area contributed by atoms with Crippen LogP contribution in [0.15, 0.2) is 54.7 Å². The van der Waals surface area contributed by atoms with Crippen LogP contribution in [-0.4, -0.2) is 12.1 Å². The topological polar surface area (TPSA) is 22.1 Å². The number of ether oxygens (including phenoxy) is 1. The van der Waals surface area contributed by atoms with Gasteiger partial charge in [-0.3, -0.25) is 4.98 Å². The number of rotatable bonds is 8. The Morgan fingerprint density at radius 1 is 1.12 bits per heavy atom. The number of hydrogen-bond donors (Lipinski definition) is 0. The molecule has 0 bridgehead atoms. The minimum Gasteiger partial charge on any atom is -0.497 e. The maximum atomic E-state index is 6.42. The van der Waals surface area contributed by atoms with E-state index in [1.807, 2.05) is 30.5 Å². The van der Waals surface area contributed by atoms with Crippen molar-refractivity contribution in [3.05, 3.63) is 77.8 Å². The Morgan fingerprint density at radius 3 is 2.73 bits per heavy atom. The lowest BCUT2D eigenvalue weighted by molar-refractivity contribution is 0.415. The number of hydrogen-bond acceptors (Lipinski definition) is 2. The Kier molecular flexibility index (Phi) is 6.51. The quantitative estimate of drug-likeness (QED) is 0.447. The number of aromatic nitrogens is 1. The summed E-state index contributed by atoms with van der Waals surface area (Å²) in [5.74, 6) is 1.33. The molecule has 0 saturated heterocycles. The Morgan fingerprint density at radius 2 is 1.96 bits per heavy atom. The Bertz CT molecular complexity index is 862. The van der Waals surface area contributed by atoms with Gasteiger partial charge in [0.2, 0.25) is 0 Å². The number of benzene rings is 2. The predicted octanol–water partition coefficient (Wildman–Crippen LogP) is 6.62. The lowest BCUT2D eigenvalue weighted by atomic mass is 9.88. The molecule has 135 valence electrons. The molecule has 1 atom stereocenters. The van der Waals surface area contributed by atoms with E-state index in [0.717, 1.165) is 48.4 Å². The van der Waals surface area contributed by atoms with Crippen molar-refractivity contribution in [3.63, 3.8) is 0 Å². The van der Waals surface area contributed by atoms with Crippen molar-refractivity contribution in [2.45, 2.75) is 38.0 Å². The summed E-state index contributed by atoms with van der Waals surface area (Å²) in [6, 6.07) is 16.4. The lowest BCUT2D eigenvalue weighted by Crippen LogP contribution is -2.01. The summed E-state index contributed by atoms with van der Waals surface area (Å²) in [6.45, 7) is 4.04. The van der Waals surface area contributed by atoms with Crippen molar-refractivity contribution in [2.24, 2.45) is 0 Å². The largest absolute Gasteiger partial charge is 0.497 e. The van der Waals surface area contributed by atoms with Crippen LogP contribution in [0.3, 0.4) is 0 Å². The Balaban J connectivity index is 1.74. The predicted molar refractivity (Wildman–Crippen MR) is 110 cm³/mol. The minimum absolute atomic E-state index is 0.462. The molecule has 0 saturated carbocycles. The van der Waals surface area contributed by atoms with Crippen LogP contribution in [0.4, 0.5) is 0 Å². The summed E-state index contributed by atoms with van der Waals surface area (Å²) in [5, 5.41) is 2.04. The Hall–Kier alpha value is -2.06. The molecule has 2 nitrogen and oxygen atoms in total. The molecule has 0 spiro atoms. The van der Waals surface area contributed by atoms with E-state index in [1.165, 1.54) is 16.5 Å². The van der Waals surface area contributed by atoms with Gasteiger partial charge in [0.15, 0.2) is 0 Å². The molecule has 3 aromatic rings. The third-order valence-electron chi connectivity index (χ3n) is 4.94. The molecule has 0 N–H and O–H groups in total. The number of methoxy groups -OCH3 is 1. The Labute approximate surface area is 161 Å². The molecule has 0 fully saturated rings. The summed E-state index contributed by atoms with van der Waals surface area (Å²) in [4.78, 5) is 4.47. The summed E-state index contributed by atoms with van der Waals surface area (Å²) in [5.41, 5.74) is 3.59. The van der Waals surface area contributed by atoms with E-state index >= 15 is 0 Å². The van der Waals surface area contributed by atoms with E-state index in [4.69, 9.17) is 16.3 Å². The second-order valence-corrected chi connectivity index (χ2v) is 7.01. The zero-order valence-electron chi connectivity index (χ0n) is 15.2. The fourth-order valence-corrected chi connectivity index (χ4v) is 3.86. The summed E-state index contributed by atoms with van der Waals surface area (Å²) in [7, 11) is 1.70. The zero-order valence-corrected chi connectivity index (χ0v) is 16.0. The highest BCUT2D eigenvalue weighted by molar-refractivity contribution is 6.31. The van der Waals surface area contributed by atoms with Crippen LogP contribution in [0.2, 0.25) is 5.02 Å². The fraction of sp³-hybridized carbons (Fsp3) is 0.304. The van der Waals surface area contributed by atoms with Crippen molar-refractivity contribution >= 4 is 22.5 Å². The maximum Gasteiger partial charge on any atom is 0.119 e. The monoisotopic (exact) mass is 366 g/mol. The minimum atomic E-state index is 0.462. The van der Waals surface area contributed by atoms with E-state index in [2.05, 4.69) is 36.2 Å². The molecule has 3 heteroatoms. The van der Waals surface area contributed by atoms with E-state index < -0.39 is 0 Å². The highest BCUT2D eigenvalue weighted by Gasteiger charge is 2.14. The van der Waals surface area contributed by atoms with Crippen LogP contribution in [0.1, 0.15) is 42.7 Å². The molecule has 0 aliphatic carbocycles. The molecule has 1 aromatic heterocycles. The molecule has 0 aliphatic rings. The van der Waals surface area contributed by atoms with Gasteiger partial charge in [-0.1, -0.05) is 43.1 Å². The van der Waals surface area contributed by atoms with Gasteiger partial charge in [-0.15, -0.1) is 0 Å². The SMILES string of the molecule is [CH2]CC[C@H](CCCc1ccnc2ccc(OC)cc12)c1ccccc1Cl. The molecule has 0 unspecified atom stereocenters. The third kappa shape index (κ3) is 4.37. The molecule has 26 heavy (non-hydrogen) atoms. The first-order valence-electron chi connectivity index (χ1n) is 9.18. The van der Waals surface area contributed by atoms with E-state index in [-0.39, 0.29) is 0 Å². The van der Waals surface area contributed by atoms with Crippen molar-refractivity contribution in [3.8, 4) is 5.75 Å². The van der Waals surface area contributed by atoms with Crippen LogP contribution in [0.5, 0.6) is 5.75 Å². The van der Waals surface area contributed by atoms with E-state index in [1.54, 1.807) is 7.11 Å². The van der Waals surface area contributed by atoms with Crippen LogP contribution >= 0.6 is 11.6 Å². The smallest absolute Gasteiger partial charge is 0.119 e. The van der Waals surface area contributed by atoms with Gasteiger partial charge in [-0.2, -0.15) is 0 Å². The van der Waals surface area contributed by atoms with Gasteiger partial charge >= 0.3 is 0 Å². The number of pyridine rings is 1. The molecular formula is C23H25ClNO. The van der Waals surface area contributed by atoms with Crippen LogP contribution < -0.4 is 4.74 Å². The van der Waals surface area contributed by atoms with Crippen molar-refractivity contribution < 1.29 is 4.74 Å². The number of nitrogens with zero attached hydrogens (tertiary/aromatic N) is 1. The first-order chi connectivity index (χ1) is 12.7. The number of aryl methyl sites for hydroxylation is 1. The van der Waals surface area contributed by atoms with E-state index in [9.17, 15) is 0 Å². The van der Waals surface area contributed by atoms with Crippen molar-refractivity contribution in [1.29, 1.82) is 0 Å². The lowest BCUT2D eigenvalue weighted by Gasteiger charge is -2.18. The van der Waals surface area contributed by atoms with Gasteiger partial charge in [0.25, 0.3) is 0 Å². The molecule has 0 aliphatic heterocycles. The summed E-state index contributed by atoms with van der Waals surface area (Å²) >= 11 is 6.42. The van der Waals surface area contributed by atoms with Gasteiger partial charge in [-0.25, -0.2) is 0 Å². The second kappa shape index (κ2) is 9.05. The van der Waals surface area contributed by atoms with Crippen LogP contribution in [0, 0.1) is 6.92 Å². The standard InChI is InChI=1S/C23H25ClNO/c1-3-7-17(20-10-4-5-11-22(20)24)8-6-9-18-14-15-25-23-13-12-19(26-2)16-21(18)23/h4-5,10-17H,1,3,6-9H2,2H3/t17-/m1/s1. The normalized spacial score (nSPS) is 12.3. The summed E-state index contributed by atoms with van der Waals surface area (Å²) in [6.07, 6.45) is 7.11. The van der Waals surface area contributed by atoms with Crippen LogP contribution in [0.25, 0.3) is 10.9 Å². The maximum absolute atomic E-state index is 6.42. The van der Waals surface area contributed by atoms with E-state index in [0.29, 0.717) is 5.92 Å². The number of halogens is 1. The molecule has 0 amide bonds. The molecule has 3 rings (SSSR count). The molecule has 1 heterocycles. The van der Waals surface area contributed by atoms with Gasteiger partial charge in [0, 0.05) is 16.6 Å². The first-order valence-corrected chi connectivity index (χ1v) is 9.56. The number of fused-ring (bicyclic) bond motifs is 1. The molecule has 2 aromatic carbocycles. The van der Waals surface area contributed by atoms with Crippen LogP contribution in [-0.2, 0) is 6.42 Å².